The van der Waals surface area contributed by atoms with E-state index in [9.17, 15) is 0 Å². The van der Waals surface area contributed by atoms with Crippen LogP contribution in [0.2, 0.25) is 0 Å². The van der Waals surface area contributed by atoms with Gasteiger partial charge in [-0.25, -0.2) is 0 Å². The molecule has 18 heavy (non-hydrogen) atoms. The third kappa shape index (κ3) is 3.62. The Kier molecular flexibility index (Phi) is 5.34. The van der Waals surface area contributed by atoms with Crippen molar-refractivity contribution in [3.63, 3.8) is 0 Å². The van der Waals surface area contributed by atoms with E-state index in [-0.39, 0.29) is 5.38 Å². The molecule has 2 nitrogen and oxygen atoms in total. The van der Waals surface area contributed by atoms with Gasteiger partial charge in [-0.15, -0.1) is 11.6 Å². The smallest absolute Gasteiger partial charge is 0.120 e. The minimum absolute atomic E-state index is 0.0227. The fourth-order valence-electron chi connectivity index (χ4n) is 2.25. The van der Waals surface area contributed by atoms with Gasteiger partial charge in [0, 0.05) is 11.1 Å². The van der Waals surface area contributed by atoms with E-state index in [0.29, 0.717) is 6.10 Å². The van der Waals surface area contributed by atoms with Crippen LogP contribution in [0.3, 0.4) is 0 Å². The van der Waals surface area contributed by atoms with Crippen molar-refractivity contribution in [3.05, 3.63) is 28.2 Å². The molecule has 1 heterocycles. The van der Waals surface area contributed by atoms with Gasteiger partial charge >= 0.3 is 0 Å². The number of benzene rings is 1. The summed E-state index contributed by atoms with van der Waals surface area (Å²) in [6.45, 7) is 0.907. The highest BCUT2D eigenvalue weighted by Crippen LogP contribution is 2.35. The van der Waals surface area contributed by atoms with Crippen LogP contribution in [0.25, 0.3) is 0 Å². The molecule has 0 aromatic heterocycles. The zero-order chi connectivity index (χ0) is 13.0. The molecule has 1 aromatic carbocycles. The molecule has 0 aliphatic carbocycles. The Labute approximate surface area is 122 Å². The normalized spacial score (nSPS) is 20.9. The van der Waals surface area contributed by atoms with Crippen molar-refractivity contribution in [2.24, 2.45) is 0 Å². The van der Waals surface area contributed by atoms with Gasteiger partial charge in [-0.2, -0.15) is 0 Å². The van der Waals surface area contributed by atoms with Crippen molar-refractivity contribution < 1.29 is 9.47 Å². The first-order chi connectivity index (χ1) is 8.70. The van der Waals surface area contributed by atoms with E-state index in [1.54, 1.807) is 7.11 Å². The average molecular weight is 334 g/mol. The highest BCUT2D eigenvalue weighted by Gasteiger charge is 2.19. The first-order valence-corrected chi connectivity index (χ1v) is 7.52. The molecule has 2 unspecified atom stereocenters. The minimum atomic E-state index is 0.0227. The second kappa shape index (κ2) is 6.78. The van der Waals surface area contributed by atoms with E-state index in [4.69, 9.17) is 21.1 Å². The van der Waals surface area contributed by atoms with Crippen molar-refractivity contribution in [3.8, 4) is 5.75 Å². The maximum Gasteiger partial charge on any atom is 0.120 e. The number of rotatable bonds is 5. The van der Waals surface area contributed by atoms with E-state index < -0.39 is 0 Å². The van der Waals surface area contributed by atoms with Crippen LogP contribution in [0.1, 0.15) is 36.6 Å². The molecular weight excluding hydrogens is 316 g/mol. The molecule has 1 fully saturated rings. The fraction of sp³-hybridized carbons (Fsp3) is 0.571. The Morgan fingerprint density at radius 3 is 3.00 bits per heavy atom. The quantitative estimate of drug-likeness (QED) is 0.727. The number of ether oxygens (including phenoxy) is 2. The zero-order valence-corrected chi connectivity index (χ0v) is 12.8. The van der Waals surface area contributed by atoms with Gasteiger partial charge in [0.15, 0.2) is 0 Å². The molecule has 0 amide bonds. The second-order valence-electron chi connectivity index (χ2n) is 4.57. The molecule has 4 heteroatoms. The highest BCUT2D eigenvalue weighted by molar-refractivity contribution is 9.10. The lowest BCUT2D eigenvalue weighted by molar-refractivity contribution is 0.102. The summed E-state index contributed by atoms with van der Waals surface area (Å²) in [5, 5.41) is 0.0227. The predicted molar refractivity (Wildman–Crippen MR) is 77.5 cm³/mol. The van der Waals surface area contributed by atoms with Gasteiger partial charge in [-0.05, 0) is 43.4 Å². The van der Waals surface area contributed by atoms with Crippen LogP contribution in [0.4, 0.5) is 0 Å². The van der Waals surface area contributed by atoms with Crippen LogP contribution in [-0.2, 0) is 4.74 Å². The van der Waals surface area contributed by atoms with Crippen LogP contribution in [0.5, 0.6) is 5.75 Å². The largest absolute Gasteiger partial charge is 0.497 e. The minimum Gasteiger partial charge on any atom is -0.497 e. The van der Waals surface area contributed by atoms with E-state index >= 15 is 0 Å². The van der Waals surface area contributed by atoms with E-state index in [0.717, 1.165) is 35.2 Å². The second-order valence-corrected chi connectivity index (χ2v) is 5.95. The zero-order valence-electron chi connectivity index (χ0n) is 10.5. The number of alkyl halides is 1. The maximum atomic E-state index is 6.46. The molecule has 1 aromatic rings. The summed E-state index contributed by atoms with van der Waals surface area (Å²) in [7, 11) is 1.66. The molecule has 0 spiro atoms. The van der Waals surface area contributed by atoms with Gasteiger partial charge in [0.25, 0.3) is 0 Å². The summed E-state index contributed by atoms with van der Waals surface area (Å²) < 4.78 is 11.8. The first-order valence-electron chi connectivity index (χ1n) is 6.30. The number of methoxy groups -OCH3 is 1. The molecule has 0 N–H and O–H groups in total. The lowest BCUT2D eigenvalue weighted by Crippen LogP contribution is -2.06. The standard InChI is InChI=1S/C14H18BrClO2/c1-17-11-4-6-12(13(15)9-11)14(16)7-5-10-3-2-8-18-10/h4,6,9-10,14H,2-3,5,7-8H2,1H3. The Morgan fingerprint density at radius 2 is 2.39 bits per heavy atom. The Hall–Kier alpha value is -0.250. The topological polar surface area (TPSA) is 18.5 Å². The fourth-order valence-corrected chi connectivity index (χ4v) is 3.33. The molecule has 0 saturated carbocycles. The molecule has 2 rings (SSSR count). The van der Waals surface area contributed by atoms with E-state index in [2.05, 4.69) is 15.9 Å². The molecule has 1 aliphatic rings. The van der Waals surface area contributed by atoms with Gasteiger partial charge in [0.05, 0.1) is 18.6 Å². The van der Waals surface area contributed by atoms with Gasteiger partial charge in [0.2, 0.25) is 0 Å². The van der Waals surface area contributed by atoms with Gasteiger partial charge < -0.3 is 9.47 Å². The van der Waals surface area contributed by atoms with Crippen molar-refractivity contribution in [1.82, 2.24) is 0 Å². The Bertz CT molecular complexity index is 391. The summed E-state index contributed by atoms with van der Waals surface area (Å²) in [4.78, 5) is 0. The first kappa shape index (κ1) is 14.2. The van der Waals surface area contributed by atoms with Gasteiger partial charge in [-0.1, -0.05) is 22.0 Å². The number of halogens is 2. The summed E-state index contributed by atoms with van der Waals surface area (Å²) in [5.74, 6) is 0.841. The van der Waals surface area contributed by atoms with Crippen LogP contribution >= 0.6 is 27.5 Å². The summed E-state index contributed by atoms with van der Waals surface area (Å²) >= 11 is 10.0. The molecule has 0 bridgehead atoms. The summed E-state index contributed by atoms with van der Waals surface area (Å²) in [6, 6.07) is 5.93. The van der Waals surface area contributed by atoms with E-state index in [1.165, 1.54) is 12.8 Å². The summed E-state index contributed by atoms with van der Waals surface area (Å²) in [6.07, 6.45) is 4.74. The van der Waals surface area contributed by atoms with Crippen molar-refractivity contribution >= 4 is 27.5 Å². The molecule has 0 radical (unpaired) electrons. The van der Waals surface area contributed by atoms with Gasteiger partial charge in [0.1, 0.15) is 5.75 Å². The Balaban J connectivity index is 1.93. The molecule has 100 valence electrons. The lowest BCUT2D eigenvalue weighted by Gasteiger charge is -2.15. The average Bonchev–Trinajstić information content (AvgIpc) is 2.88. The van der Waals surface area contributed by atoms with Crippen LogP contribution in [0.15, 0.2) is 22.7 Å². The molecular formula is C14H18BrClO2. The maximum absolute atomic E-state index is 6.46. The van der Waals surface area contributed by atoms with Crippen LogP contribution in [-0.4, -0.2) is 19.8 Å². The van der Waals surface area contributed by atoms with Crippen molar-refractivity contribution in [2.75, 3.05) is 13.7 Å². The molecule has 1 saturated heterocycles. The van der Waals surface area contributed by atoms with Crippen LogP contribution < -0.4 is 4.74 Å². The third-order valence-corrected chi connectivity index (χ3v) is 4.45. The SMILES string of the molecule is COc1ccc(C(Cl)CCC2CCCO2)c(Br)c1. The summed E-state index contributed by atoms with van der Waals surface area (Å²) in [5.41, 5.74) is 1.12. The number of hydrogen-bond acceptors (Lipinski definition) is 2. The third-order valence-electron chi connectivity index (χ3n) is 3.31. The molecule has 2 atom stereocenters. The van der Waals surface area contributed by atoms with Crippen molar-refractivity contribution in [2.45, 2.75) is 37.2 Å². The molecule has 1 aliphatic heterocycles. The van der Waals surface area contributed by atoms with Crippen molar-refractivity contribution in [1.29, 1.82) is 0 Å². The predicted octanol–water partition coefficient (Wildman–Crippen LogP) is 4.70. The monoisotopic (exact) mass is 332 g/mol. The lowest BCUT2D eigenvalue weighted by atomic mass is 10.0. The Morgan fingerprint density at radius 1 is 1.56 bits per heavy atom. The van der Waals surface area contributed by atoms with Crippen LogP contribution in [0, 0.1) is 0 Å². The van der Waals surface area contributed by atoms with Gasteiger partial charge in [-0.3, -0.25) is 0 Å². The highest BCUT2D eigenvalue weighted by atomic mass is 79.9. The number of hydrogen-bond donors (Lipinski definition) is 0. The van der Waals surface area contributed by atoms with E-state index in [1.807, 2.05) is 18.2 Å².